The zero-order valence-electron chi connectivity index (χ0n) is 14.0. The van der Waals surface area contributed by atoms with E-state index in [1.165, 1.54) is 0 Å². The van der Waals surface area contributed by atoms with E-state index in [2.05, 4.69) is 15.6 Å². The lowest BCUT2D eigenvalue weighted by atomic mass is 10.4. The van der Waals surface area contributed by atoms with Gasteiger partial charge in [-0.1, -0.05) is 0 Å². The number of rotatable bonds is 8. The molecule has 7 heteroatoms. The van der Waals surface area contributed by atoms with Crippen molar-refractivity contribution in [3.8, 4) is 0 Å². The average molecular weight is 311 g/mol. The summed E-state index contributed by atoms with van der Waals surface area (Å²) in [5, 5.41) is 6.31. The highest BCUT2D eigenvalue weighted by Gasteiger charge is 2.18. The third kappa shape index (κ3) is 6.78. The van der Waals surface area contributed by atoms with E-state index in [4.69, 9.17) is 0 Å². The predicted octanol–water partition coefficient (Wildman–Crippen LogP) is 0.0323. The van der Waals surface area contributed by atoms with Crippen molar-refractivity contribution >= 4 is 17.8 Å². The van der Waals surface area contributed by atoms with E-state index in [1.807, 2.05) is 11.8 Å². The van der Waals surface area contributed by atoms with Crippen LogP contribution in [0.25, 0.3) is 0 Å². The normalized spacial score (nSPS) is 15.1. The Morgan fingerprint density at radius 1 is 1.36 bits per heavy atom. The molecular weight excluding hydrogens is 282 g/mol. The van der Waals surface area contributed by atoms with Gasteiger partial charge in [0.1, 0.15) is 0 Å². The molecule has 0 bridgehead atoms. The summed E-state index contributed by atoms with van der Waals surface area (Å²) in [6.45, 7) is 5.67. The Hall–Kier alpha value is -1.79. The predicted molar refractivity (Wildman–Crippen MR) is 87.7 cm³/mol. The van der Waals surface area contributed by atoms with E-state index in [9.17, 15) is 9.59 Å². The topological polar surface area (TPSA) is 77.0 Å². The molecule has 0 atom stereocenters. The molecule has 0 unspecified atom stereocenters. The van der Waals surface area contributed by atoms with E-state index in [-0.39, 0.29) is 11.8 Å². The van der Waals surface area contributed by atoms with Crippen LogP contribution >= 0.6 is 0 Å². The smallest absolute Gasteiger partial charge is 0.223 e. The minimum Gasteiger partial charge on any atom is -0.357 e. The molecule has 0 radical (unpaired) electrons. The third-order valence-electron chi connectivity index (χ3n) is 3.50. The molecule has 1 aliphatic heterocycles. The molecule has 1 saturated heterocycles. The largest absolute Gasteiger partial charge is 0.357 e. The average Bonchev–Trinajstić information content (AvgIpc) is 2.88. The Kier molecular flexibility index (Phi) is 8.32. The van der Waals surface area contributed by atoms with Gasteiger partial charge in [-0.25, -0.2) is 0 Å². The molecule has 22 heavy (non-hydrogen) atoms. The monoisotopic (exact) mass is 311 g/mol. The fourth-order valence-corrected chi connectivity index (χ4v) is 2.25. The van der Waals surface area contributed by atoms with Crippen LogP contribution in [0, 0.1) is 0 Å². The van der Waals surface area contributed by atoms with E-state index < -0.39 is 0 Å². The van der Waals surface area contributed by atoms with Gasteiger partial charge in [-0.15, -0.1) is 0 Å². The number of carbonyl (C=O) groups excluding carboxylic acids is 2. The zero-order valence-corrected chi connectivity index (χ0v) is 14.0. The van der Waals surface area contributed by atoms with Crippen LogP contribution in [0.3, 0.4) is 0 Å². The van der Waals surface area contributed by atoms with Gasteiger partial charge in [0.15, 0.2) is 5.96 Å². The summed E-state index contributed by atoms with van der Waals surface area (Å²) in [5.74, 6) is 1.08. The SMILES string of the molecule is CCNC(=NCCCN1CCCC1=O)NCCC(=O)N(C)C. The molecule has 2 N–H and O–H groups in total. The van der Waals surface area contributed by atoms with Crippen molar-refractivity contribution in [2.45, 2.75) is 32.6 Å². The standard InChI is InChI=1S/C15H29N5O2/c1-4-16-15(18-10-8-13(21)19(2)3)17-9-6-12-20-11-5-7-14(20)22/h4-12H2,1-3H3,(H2,16,17,18). The number of nitrogens with one attached hydrogen (secondary N) is 2. The Balaban J connectivity index is 2.25. The van der Waals surface area contributed by atoms with E-state index in [0.29, 0.717) is 25.9 Å². The highest BCUT2D eigenvalue weighted by atomic mass is 16.2. The first kappa shape index (κ1) is 18.3. The van der Waals surface area contributed by atoms with E-state index in [1.54, 1.807) is 19.0 Å². The number of aliphatic imine (C=N–C) groups is 1. The Morgan fingerprint density at radius 2 is 2.14 bits per heavy atom. The molecule has 1 heterocycles. The molecule has 1 rings (SSSR count). The van der Waals surface area contributed by atoms with Crippen LogP contribution in [-0.4, -0.2) is 74.4 Å². The van der Waals surface area contributed by atoms with Gasteiger partial charge in [-0.3, -0.25) is 14.6 Å². The van der Waals surface area contributed by atoms with Crippen LogP contribution in [0.1, 0.15) is 32.6 Å². The van der Waals surface area contributed by atoms with Crippen molar-refractivity contribution in [2.75, 3.05) is 46.8 Å². The summed E-state index contributed by atoms with van der Waals surface area (Å²) in [7, 11) is 3.50. The summed E-state index contributed by atoms with van der Waals surface area (Å²) in [4.78, 5) is 31.0. The van der Waals surface area contributed by atoms with Gasteiger partial charge >= 0.3 is 0 Å². The Bertz CT molecular complexity index is 395. The molecule has 126 valence electrons. The first-order valence-electron chi connectivity index (χ1n) is 8.04. The molecule has 0 spiro atoms. The van der Waals surface area contributed by atoms with Crippen molar-refractivity contribution in [3.05, 3.63) is 0 Å². The fourth-order valence-electron chi connectivity index (χ4n) is 2.25. The van der Waals surface area contributed by atoms with Gasteiger partial charge in [0.25, 0.3) is 0 Å². The first-order valence-corrected chi connectivity index (χ1v) is 8.04. The second kappa shape index (κ2) is 10.0. The minimum atomic E-state index is 0.0934. The van der Waals surface area contributed by atoms with Crippen molar-refractivity contribution in [3.63, 3.8) is 0 Å². The third-order valence-corrected chi connectivity index (χ3v) is 3.50. The van der Waals surface area contributed by atoms with Crippen molar-refractivity contribution < 1.29 is 9.59 Å². The van der Waals surface area contributed by atoms with E-state index >= 15 is 0 Å². The van der Waals surface area contributed by atoms with Gasteiger partial charge in [-0.2, -0.15) is 0 Å². The first-order chi connectivity index (χ1) is 10.5. The van der Waals surface area contributed by atoms with Gasteiger partial charge in [0.05, 0.1) is 0 Å². The van der Waals surface area contributed by atoms with Crippen LogP contribution in [-0.2, 0) is 9.59 Å². The number of hydrogen-bond acceptors (Lipinski definition) is 3. The van der Waals surface area contributed by atoms with Gasteiger partial charge in [0, 0.05) is 59.7 Å². The minimum absolute atomic E-state index is 0.0934. The highest BCUT2D eigenvalue weighted by Crippen LogP contribution is 2.09. The summed E-state index contributed by atoms with van der Waals surface area (Å²) in [5.41, 5.74) is 0. The van der Waals surface area contributed by atoms with Gasteiger partial charge in [-0.05, 0) is 19.8 Å². The number of nitrogens with zero attached hydrogens (tertiary/aromatic N) is 3. The molecule has 1 fully saturated rings. The Labute approximate surface area is 133 Å². The summed E-state index contributed by atoms with van der Waals surface area (Å²) in [6.07, 6.45) is 2.97. The van der Waals surface area contributed by atoms with Crippen LogP contribution in [0.5, 0.6) is 0 Å². The van der Waals surface area contributed by atoms with Crippen LogP contribution in [0.2, 0.25) is 0 Å². The van der Waals surface area contributed by atoms with Crippen molar-refractivity contribution in [2.24, 2.45) is 4.99 Å². The maximum atomic E-state index is 11.5. The molecule has 0 saturated carbocycles. The molecule has 0 aromatic carbocycles. The quantitative estimate of drug-likeness (QED) is 0.377. The summed E-state index contributed by atoms with van der Waals surface area (Å²) < 4.78 is 0. The maximum Gasteiger partial charge on any atom is 0.223 e. The lowest BCUT2D eigenvalue weighted by Crippen LogP contribution is -2.39. The fraction of sp³-hybridized carbons (Fsp3) is 0.800. The van der Waals surface area contributed by atoms with Gasteiger partial charge < -0.3 is 20.4 Å². The molecule has 0 aromatic rings. The van der Waals surface area contributed by atoms with E-state index in [0.717, 1.165) is 38.4 Å². The number of carbonyl (C=O) groups is 2. The maximum absolute atomic E-state index is 11.5. The summed E-state index contributed by atoms with van der Waals surface area (Å²) in [6, 6.07) is 0. The van der Waals surface area contributed by atoms with Crippen molar-refractivity contribution in [1.29, 1.82) is 0 Å². The molecule has 7 nitrogen and oxygen atoms in total. The van der Waals surface area contributed by atoms with Crippen LogP contribution in [0.4, 0.5) is 0 Å². The molecule has 2 amide bonds. The number of guanidine groups is 1. The summed E-state index contributed by atoms with van der Waals surface area (Å²) >= 11 is 0. The van der Waals surface area contributed by atoms with Crippen molar-refractivity contribution in [1.82, 2.24) is 20.4 Å². The van der Waals surface area contributed by atoms with Gasteiger partial charge in [0.2, 0.25) is 11.8 Å². The molecule has 0 aromatic heterocycles. The zero-order chi connectivity index (χ0) is 16.4. The lowest BCUT2D eigenvalue weighted by Gasteiger charge is -2.15. The number of likely N-dealkylation sites (tertiary alicyclic amines) is 1. The highest BCUT2D eigenvalue weighted by molar-refractivity contribution is 5.81. The second-order valence-corrected chi connectivity index (χ2v) is 5.56. The molecular formula is C15H29N5O2. The molecule has 0 aliphatic carbocycles. The molecule has 1 aliphatic rings. The van der Waals surface area contributed by atoms with Crippen LogP contribution < -0.4 is 10.6 Å². The van der Waals surface area contributed by atoms with Crippen LogP contribution in [0.15, 0.2) is 4.99 Å². The number of hydrogen-bond donors (Lipinski definition) is 2. The Morgan fingerprint density at radius 3 is 2.73 bits per heavy atom. The lowest BCUT2D eigenvalue weighted by molar-refractivity contribution is -0.129. The number of amides is 2. The second-order valence-electron chi connectivity index (χ2n) is 5.56.